The predicted octanol–water partition coefficient (Wildman–Crippen LogP) is 21.0. The molecule has 0 rings (SSSR count). The van der Waals surface area contributed by atoms with E-state index in [1.807, 2.05) is 0 Å². The molecule has 6 heteroatoms. The smallest absolute Gasteiger partial charge is 0.306 e. The summed E-state index contributed by atoms with van der Waals surface area (Å²) in [5.74, 6) is -0.930. The van der Waals surface area contributed by atoms with E-state index in [9.17, 15) is 14.4 Å². The average molecular weight is 1040 g/mol. The summed E-state index contributed by atoms with van der Waals surface area (Å²) in [6.45, 7) is 6.38. The van der Waals surface area contributed by atoms with Gasteiger partial charge in [-0.25, -0.2) is 0 Å². The Balaban J connectivity index is 4.34. The lowest BCUT2D eigenvalue weighted by Crippen LogP contribution is -2.30. The van der Waals surface area contributed by atoms with Crippen LogP contribution >= 0.6 is 0 Å². The van der Waals surface area contributed by atoms with E-state index in [0.717, 1.165) is 148 Å². The zero-order valence-electron chi connectivity index (χ0n) is 48.5. The SMILES string of the molecule is CC/C=C\C/C=C\C/C=C\C/C=C\C/C=C\C/C=C\C/C=C\CCCCCCCCCC(=O)OCC(COC(=O)CCCCCCCCCCCCC)OC(=O)CCCCCC/C=C\C/C=C\C/C=C\C/C=C\CC. The van der Waals surface area contributed by atoms with Crippen LogP contribution < -0.4 is 0 Å². The van der Waals surface area contributed by atoms with Gasteiger partial charge in [0.25, 0.3) is 0 Å². The van der Waals surface area contributed by atoms with Gasteiger partial charge in [0.1, 0.15) is 13.2 Å². The van der Waals surface area contributed by atoms with Gasteiger partial charge < -0.3 is 14.2 Å². The molecule has 0 radical (unpaired) electrons. The molecule has 0 aliphatic carbocycles. The molecule has 0 aromatic carbocycles. The van der Waals surface area contributed by atoms with Crippen molar-refractivity contribution in [1.82, 2.24) is 0 Å². The van der Waals surface area contributed by atoms with Crippen LogP contribution in [0.1, 0.15) is 265 Å². The number of carbonyl (C=O) groups is 3. The molecule has 0 spiro atoms. The highest BCUT2D eigenvalue weighted by Gasteiger charge is 2.19. The molecule has 424 valence electrons. The van der Waals surface area contributed by atoms with Gasteiger partial charge >= 0.3 is 17.9 Å². The molecule has 0 bridgehead atoms. The van der Waals surface area contributed by atoms with Gasteiger partial charge in [0, 0.05) is 19.3 Å². The van der Waals surface area contributed by atoms with Crippen LogP contribution in [0.15, 0.2) is 134 Å². The molecule has 0 heterocycles. The highest BCUT2D eigenvalue weighted by Crippen LogP contribution is 2.15. The third-order valence-corrected chi connectivity index (χ3v) is 12.7. The fourth-order valence-corrected chi connectivity index (χ4v) is 8.12. The van der Waals surface area contributed by atoms with Gasteiger partial charge in [-0.3, -0.25) is 14.4 Å². The van der Waals surface area contributed by atoms with Crippen LogP contribution in [-0.2, 0) is 28.6 Å². The second-order valence-electron chi connectivity index (χ2n) is 19.9. The summed E-state index contributed by atoms with van der Waals surface area (Å²) in [5, 5.41) is 0. The summed E-state index contributed by atoms with van der Waals surface area (Å²) in [5.41, 5.74) is 0. The monoisotopic (exact) mass is 1040 g/mol. The second-order valence-corrected chi connectivity index (χ2v) is 19.9. The van der Waals surface area contributed by atoms with Gasteiger partial charge in [-0.15, -0.1) is 0 Å². The molecule has 0 aromatic rings. The first-order chi connectivity index (χ1) is 37.0. The van der Waals surface area contributed by atoms with E-state index in [2.05, 4.69) is 154 Å². The van der Waals surface area contributed by atoms with Crippen molar-refractivity contribution in [3.05, 3.63) is 134 Å². The number of hydrogen-bond donors (Lipinski definition) is 0. The number of unbranched alkanes of at least 4 members (excludes halogenated alkanes) is 21. The number of rotatable bonds is 54. The molecule has 0 N–H and O–H groups in total. The Labute approximate surface area is 462 Å². The number of esters is 3. The van der Waals surface area contributed by atoms with E-state index in [1.54, 1.807) is 0 Å². The molecule has 0 aliphatic rings. The third-order valence-electron chi connectivity index (χ3n) is 12.7. The van der Waals surface area contributed by atoms with Crippen LogP contribution in [0.3, 0.4) is 0 Å². The standard InChI is InChI=1S/C69H112O6/c1-4-7-10-13-16-19-22-24-26-28-29-30-31-32-33-34-35-36-37-38-39-41-42-44-47-50-53-56-59-62-68(71)74-65-66(64-73-67(70)61-58-55-52-49-46-21-18-15-12-9-6-3)75-69(72)63-60-57-54-51-48-45-43-40-27-25-23-20-17-14-11-8-5-2/h7-8,10-11,16-17,19-20,24-27,29-30,32-33,35-36,38-39,43,45,66H,4-6,9,12-15,18,21-23,28,31,34,37,40-42,44,46-65H2,1-3H3/b10-7-,11-8-,19-16-,20-17-,26-24-,27-25-,30-29-,33-32-,36-35-,39-38-,45-43-. The van der Waals surface area contributed by atoms with Crippen molar-refractivity contribution in [3.8, 4) is 0 Å². The minimum Gasteiger partial charge on any atom is -0.462 e. The van der Waals surface area contributed by atoms with E-state index < -0.39 is 6.10 Å². The lowest BCUT2D eigenvalue weighted by Gasteiger charge is -2.18. The topological polar surface area (TPSA) is 78.9 Å². The Hall–Kier alpha value is -4.45. The van der Waals surface area contributed by atoms with Crippen LogP contribution in [0.4, 0.5) is 0 Å². The Kier molecular flexibility index (Phi) is 58.4. The first-order valence-corrected chi connectivity index (χ1v) is 30.7. The van der Waals surface area contributed by atoms with Crippen LogP contribution in [0.5, 0.6) is 0 Å². The predicted molar refractivity (Wildman–Crippen MR) is 325 cm³/mol. The molecule has 0 aliphatic heterocycles. The zero-order valence-corrected chi connectivity index (χ0v) is 48.5. The number of allylic oxidation sites excluding steroid dienone is 22. The Morgan fingerprint density at radius 2 is 0.520 bits per heavy atom. The van der Waals surface area contributed by atoms with E-state index in [0.29, 0.717) is 19.3 Å². The lowest BCUT2D eigenvalue weighted by molar-refractivity contribution is -0.167. The normalized spacial score (nSPS) is 13.1. The third kappa shape index (κ3) is 60.3. The summed E-state index contributed by atoms with van der Waals surface area (Å²) < 4.78 is 16.8. The minimum absolute atomic E-state index is 0.0932. The molecule has 6 nitrogen and oxygen atoms in total. The maximum absolute atomic E-state index is 12.9. The molecule has 0 aromatic heterocycles. The molecule has 75 heavy (non-hydrogen) atoms. The van der Waals surface area contributed by atoms with Gasteiger partial charge in [-0.1, -0.05) is 264 Å². The van der Waals surface area contributed by atoms with E-state index in [-0.39, 0.29) is 31.1 Å². The highest BCUT2D eigenvalue weighted by atomic mass is 16.6. The molecule has 1 atom stereocenters. The van der Waals surface area contributed by atoms with E-state index >= 15 is 0 Å². The van der Waals surface area contributed by atoms with E-state index in [4.69, 9.17) is 14.2 Å². The maximum Gasteiger partial charge on any atom is 0.306 e. The summed E-state index contributed by atoms with van der Waals surface area (Å²) in [6, 6.07) is 0. The number of hydrogen-bond acceptors (Lipinski definition) is 6. The van der Waals surface area contributed by atoms with Gasteiger partial charge in [0.2, 0.25) is 0 Å². The summed E-state index contributed by atoms with van der Waals surface area (Å²) in [4.78, 5) is 38.2. The van der Waals surface area contributed by atoms with Crippen molar-refractivity contribution in [2.75, 3.05) is 13.2 Å². The average Bonchev–Trinajstić information content (AvgIpc) is 3.41. The highest BCUT2D eigenvalue weighted by molar-refractivity contribution is 5.71. The van der Waals surface area contributed by atoms with Crippen molar-refractivity contribution in [1.29, 1.82) is 0 Å². The van der Waals surface area contributed by atoms with Crippen LogP contribution in [0.2, 0.25) is 0 Å². The maximum atomic E-state index is 12.9. The summed E-state index contributed by atoms with van der Waals surface area (Å²) >= 11 is 0. The summed E-state index contributed by atoms with van der Waals surface area (Å²) in [7, 11) is 0. The fourth-order valence-electron chi connectivity index (χ4n) is 8.12. The van der Waals surface area contributed by atoms with Gasteiger partial charge in [0.15, 0.2) is 6.10 Å². The Morgan fingerprint density at radius 1 is 0.280 bits per heavy atom. The quantitative estimate of drug-likeness (QED) is 0.0261. The Morgan fingerprint density at radius 3 is 0.813 bits per heavy atom. The molecular weight excluding hydrogens is 925 g/mol. The lowest BCUT2D eigenvalue weighted by atomic mass is 10.1. The molecule has 0 fully saturated rings. The summed E-state index contributed by atoms with van der Waals surface area (Å²) in [6.07, 6.45) is 87.4. The molecule has 0 saturated heterocycles. The van der Waals surface area contributed by atoms with Gasteiger partial charge in [0.05, 0.1) is 0 Å². The van der Waals surface area contributed by atoms with Crippen molar-refractivity contribution >= 4 is 17.9 Å². The number of ether oxygens (including phenoxy) is 3. The number of carbonyl (C=O) groups excluding carboxylic acids is 3. The van der Waals surface area contributed by atoms with E-state index in [1.165, 1.54) is 77.0 Å². The van der Waals surface area contributed by atoms with Crippen molar-refractivity contribution in [3.63, 3.8) is 0 Å². The van der Waals surface area contributed by atoms with Crippen LogP contribution in [0.25, 0.3) is 0 Å². The van der Waals surface area contributed by atoms with Crippen LogP contribution in [0, 0.1) is 0 Å². The van der Waals surface area contributed by atoms with Crippen molar-refractivity contribution < 1.29 is 28.6 Å². The van der Waals surface area contributed by atoms with Crippen molar-refractivity contribution in [2.24, 2.45) is 0 Å². The van der Waals surface area contributed by atoms with Crippen molar-refractivity contribution in [2.45, 2.75) is 271 Å². The first-order valence-electron chi connectivity index (χ1n) is 30.7. The molecule has 0 saturated carbocycles. The second kappa shape index (κ2) is 62.1. The minimum atomic E-state index is -0.799. The zero-order chi connectivity index (χ0) is 54.3. The fraction of sp³-hybridized carbons (Fsp3) is 0.638. The molecule has 0 amide bonds. The Bertz CT molecular complexity index is 1620. The van der Waals surface area contributed by atoms with Gasteiger partial charge in [-0.2, -0.15) is 0 Å². The molecular formula is C69H112O6. The first kappa shape index (κ1) is 70.5. The van der Waals surface area contributed by atoms with Gasteiger partial charge in [-0.05, 0) is 116 Å². The molecule has 1 unspecified atom stereocenters. The van der Waals surface area contributed by atoms with Crippen LogP contribution in [-0.4, -0.2) is 37.2 Å². The largest absolute Gasteiger partial charge is 0.462 e.